The van der Waals surface area contributed by atoms with Crippen molar-refractivity contribution < 1.29 is 9.53 Å². The molecule has 0 aliphatic heterocycles. The third kappa shape index (κ3) is 3.95. The summed E-state index contributed by atoms with van der Waals surface area (Å²) >= 11 is 6.64. The molecule has 15 heavy (non-hydrogen) atoms. The van der Waals surface area contributed by atoms with Crippen LogP contribution < -0.4 is 0 Å². The molecule has 82 valence electrons. The largest absolute Gasteiger partial charge is 0.462 e. The van der Waals surface area contributed by atoms with Gasteiger partial charge in [-0.2, -0.15) is 0 Å². The van der Waals surface area contributed by atoms with Gasteiger partial charge in [-0.25, -0.2) is 4.79 Å². The molecule has 0 bridgehead atoms. The van der Waals surface area contributed by atoms with E-state index >= 15 is 0 Å². The zero-order chi connectivity index (χ0) is 11.3. The molecular weight excluding hydrogens is 324 g/mol. The predicted octanol–water partition coefficient (Wildman–Crippen LogP) is 4.17. The van der Waals surface area contributed by atoms with E-state index in [1.807, 2.05) is 12.1 Å². The Kier molecular flexibility index (Phi) is 5.32. The fraction of sp³-hybridized carbons (Fsp3) is 0.364. The van der Waals surface area contributed by atoms with E-state index in [9.17, 15) is 4.79 Å². The first-order chi connectivity index (χ1) is 7.15. The van der Waals surface area contributed by atoms with Crippen molar-refractivity contribution in [3.8, 4) is 0 Å². The van der Waals surface area contributed by atoms with Gasteiger partial charge in [0.15, 0.2) is 0 Å². The van der Waals surface area contributed by atoms with Gasteiger partial charge in [-0.15, -0.1) is 0 Å². The number of carbonyl (C=O) groups excluding carboxylic acids is 1. The summed E-state index contributed by atoms with van der Waals surface area (Å²) in [6.07, 6.45) is 1.92. The van der Waals surface area contributed by atoms with Crippen LogP contribution in [0.25, 0.3) is 0 Å². The van der Waals surface area contributed by atoms with Crippen LogP contribution in [-0.2, 0) is 4.74 Å². The van der Waals surface area contributed by atoms with Crippen molar-refractivity contribution in [2.24, 2.45) is 0 Å². The number of hydrogen-bond acceptors (Lipinski definition) is 2. The van der Waals surface area contributed by atoms with Crippen LogP contribution in [0.4, 0.5) is 0 Å². The maximum Gasteiger partial charge on any atom is 0.339 e. The molecule has 0 radical (unpaired) electrons. The molecule has 4 heteroatoms. The molecule has 0 spiro atoms. The van der Waals surface area contributed by atoms with Crippen molar-refractivity contribution >= 4 is 37.8 Å². The molecule has 0 N–H and O–H groups in total. The monoisotopic (exact) mass is 334 g/mol. The van der Waals surface area contributed by atoms with Crippen LogP contribution in [-0.4, -0.2) is 12.6 Å². The lowest BCUT2D eigenvalue weighted by Gasteiger charge is -2.05. The number of unbranched alkanes of at least 4 members (excludes halogenated alkanes) is 1. The van der Waals surface area contributed by atoms with E-state index in [2.05, 4.69) is 38.8 Å². The summed E-state index contributed by atoms with van der Waals surface area (Å²) in [6.45, 7) is 2.54. The lowest BCUT2D eigenvalue weighted by Crippen LogP contribution is -2.07. The molecule has 1 aromatic carbocycles. The molecule has 1 aromatic rings. The SMILES string of the molecule is CCCCOC(=O)c1cc(Br)ccc1Br. The summed E-state index contributed by atoms with van der Waals surface area (Å²) in [5, 5.41) is 0. The van der Waals surface area contributed by atoms with E-state index in [4.69, 9.17) is 4.74 Å². The van der Waals surface area contributed by atoms with Crippen molar-refractivity contribution in [3.05, 3.63) is 32.7 Å². The van der Waals surface area contributed by atoms with Gasteiger partial charge in [0.2, 0.25) is 0 Å². The second-order valence-electron chi connectivity index (χ2n) is 3.11. The van der Waals surface area contributed by atoms with Crippen molar-refractivity contribution in [1.82, 2.24) is 0 Å². The summed E-state index contributed by atoms with van der Waals surface area (Å²) < 4.78 is 6.74. The molecule has 0 aliphatic rings. The van der Waals surface area contributed by atoms with Gasteiger partial charge in [-0.05, 0) is 40.5 Å². The Morgan fingerprint density at radius 1 is 1.40 bits per heavy atom. The van der Waals surface area contributed by atoms with Crippen molar-refractivity contribution in [3.63, 3.8) is 0 Å². The van der Waals surface area contributed by atoms with E-state index < -0.39 is 0 Å². The van der Waals surface area contributed by atoms with E-state index in [0.29, 0.717) is 12.2 Å². The van der Waals surface area contributed by atoms with Gasteiger partial charge in [0.25, 0.3) is 0 Å². The molecule has 0 heterocycles. The average molecular weight is 336 g/mol. The second kappa shape index (κ2) is 6.28. The minimum absolute atomic E-state index is 0.281. The van der Waals surface area contributed by atoms with Crippen LogP contribution in [0, 0.1) is 0 Å². The van der Waals surface area contributed by atoms with Gasteiger partial charge in [0.1, 0.15) is 0 Å². The Hall–Kier alpha value is -0.350. The standard InChI is InChI=1S/C11H12Br2O2/c1-2-3-6-15-11(14)9-7-8(12)4-5-10(9)13/h4-5,7H,2-3,6H2,1H3. The van der Waals surface area contributed by atoms with Gasteiger partial charge < -0.3 is 4.74 Å². The highest BCUT2D eigenvalue weighted by Crippen LogP contribution is 2.22. The minimum Gasteiger partial charge on any atom is -0.462 e. The summed E-state index contributed by atoms with van der Waals surface area (Å²) in [6, 6.07) is 5.44. The molecule has 2 nitrogen and oxygen atoms in total. The first-order valence-electron chi connectivity index (χ1n) is 4.77. The minimum atomic E-state index is -0.281. The fourth-order valence-corrected chi connectivity index (χ4v) is 1.81. The first kappa shape index (κ1) is 12.7. The average Bonchev–Trinajstić information content (AvgIpc) is 2.22. The van der Waals surface area contributed by atoms with Gasteiger partial charge in [0.05, 0.1) is 12.2 Å². The number of esters is 1. The summed E-state index contributed by atoms with van der Waals surface area (Å²) in [4.78, 5) is 11.6. The number of rotatable bonds is 4. The van der Waals surface area contributed by atoms with Crippen molar-refractivity contribution in [2.45, 2.75) is 19.8 Å². The topological polar surface area (TPSA) is 26.3 Å². The summed E-state index contributed by atoms with van der Waals surface area (Å²) in [5.41, 5.74) is 0.556. The number of carbonyl (C=O) groups is 1. The maximum atomic E-state index is 11.6. The maximum absolute atomic E-state index is 11.6. The Bertz CT molecular complexity index is 350. The molecule has 0 fully saturated rings. The van der Waals surface area contributed by atoms with Crippen LogP contribution >= 0.6 is 31.9 Å². The summed E-state index contributed by atoms with van der Waals surface area (Å²) in [7, 11) is 0. The van der Waals surface area contributed by atoms with Crippen LogP contribution in [0.15, 0.2) is 27.1 Å². The van der Waals surface area contributed by atoms with Gasteiger partial charge in [0, 0.05) is 8.95 Å². The predicted molar refractivity (Wildman–Crippen MR) is 67.0 cm³/mol. The summed E-state index contributed by atoms with van der Waals surface area (Å²) in [5.74, 6) is -0.281. The highest BCUT2D eigenvalue weighted by molar-refractivity contribution is 9.11. The molecule has 0 saturated heterocycles. The molecule has 1 rings (SSSR count). The zero-order valence-corrected chi connectivity index (χ0v) is 11.6. The quantitative estimate of drug-likeness (QED) is 0.609. The molecule has 0 unspecified atom stereocenters. The molecular formula is C11H12Br2O2. The fourth-order valence-electron chi connectivity index (χ4n) is 1.04. The molecule has 0 saturated carbocycles. The van der Waals surface area contributed by atoms with Gasteiger partial charge in [-0.1, -0.05) is 29.3 Å². The Balaban J connectivity index is 2.68. The molecule has 0 aliphatic carbocycles. The number of halogens is 2. The first-order valence-corrected chi connectivity index (χ1v) is 6.36. The number of hydrogen-bond donors (Lipinski definition) is 0. The van der Waals surface area contributed by atoms with E-state index in [0.717, 1.165) is 21.8 Å². The Labute approximate surface area is 106 Å². The highest BCUT2D eigenvalue weighted by atomic mass is 79.9. The third-order valence-electron chi connectivity index (χ3n) is 1.88. The number of benzene rings is 1. The lowest BCUT2D eigenvalue weighted by atomic mass is 10.2. The third-order valence-corrected chi connectivity index (χ3v) is 3.06. The lowest BCUT2D eigenvalue weighted by molar-refractivity contribution is 0.0498. The van der Waals surface area contributed by atoms with Crippen molar-refractivity contribution in [1.29, 1.82) is 0 Å². The van der Waals surface area contributed by atoms with Gasteiger partial charge in [-0.3, -0.25) is 0 Å². The van der Waals surface area contributed by atoms with E-state index in [1.165, 1.54) is 0 Å². The Morgan fingerprint density at radius 3 is 2.80 bits per heavy atom. The number of ether oxygens (including phenoxy) is 1. The smallest absolute Gasteiger partial charge is 0.339 e. The normalized spacial score (nSPS) is 10.1. The van der Waals surface area contributed by atoms with Crippen LogP contribution in [0.1, 0.15) is 30.1 Å². The van der Waals surface area contributed by atoms with Crippen LogP contribution in [0.5, 0.6) is 0 Å². The molecule has 0 amide bonds. The zero-order valence-electron chi connectivity index (χ0n) is 8.43. The van der Waals surface area contributed by atoms with E-state index in [1.54, 1.807) is 6.07 Å². The Morgan fingerprint density at radius 2 is 2.13 bits per heavy atom. The van der Waals surface area contributed by atoms with Gasteiger partial charge >= 0.3 is 5.97 Å². The highest BCUT2D eigenvalue weighted by Gasteiger charge is 2.11. The van der Waals surface area contributed by atoms with Crippen LogP contribution in [0.2, 0.25) is 0 Å². The van der Waals surface area contributed by atoms with E-state index in [-0.39, 0.29) is 5.97 Å². The second-order valence-corrected chi connectivity index (χ2v) is 4.88. The molecule has 0 atom stereocenters. The van der Waals surface area contributed by atoms with Crippen molar-refractivity contribution in [2.75, 3.05) is 6.61 Å². The van der Waals surface area contributed by atoms with Crippen LogP contribution in [0.3, 0.4) is 0 Å². The molecule has 0 aromatic heterocycles.